The first kappa shape index (κ1) is 16.7. The maximum atomic E-state index is 12.7. The average Bonchev–Trinajstić information content (AvgIpc) is 2.93. The minimum Gasteiger partial charge on any atom is -0.321 e. The Balaban J connectivity index is 2.05. The lowest BCUT2D eigenvalue weighted by Crippen LogP contribution is -2.13. The third kappa shape index (κ3) is 3.09. The highest BCUT2D eigenvalue weighted by Gasteiger charge is 2.17. The van der Waals surface area contributed by atoms with Crippen molar-refractivity contribution < 1.29 is 4.79 Å². The number of carbonyl (C=O) groups excluding carboxylic acids is 1. The fourth-order valence-electron chi connectivity index (χ4n) is 2.49. The fourth-order valence-corrected chi connectivity index (χ4v) is 2.83. The van der Waals surface area contributed by atoms with Crippen LogP contribution in [-0.2, 0) is 0 Å². The first-order valence-corrected chi connectivity index (χ1v) is 8.23. The van der Waals surface area contributed by atoms with Crippen molar-refractivity contribution in [1.82, 2.24) is 14.8 Å². The van der Waals surface area contributed by atoms with Crippen molar-refractivity contribution in [3.63, 3.8) is 0 Å². The van der Waals surface area contributed by atoms with Gasteiger partial charge in [-0.2, -0.15) is 5.10 Å². The van der Waals surface area contributed by atoms with Crippen LogP contribution in [0.1, 0.15) is 35.9 Å². The summed E-state index contributed by atoms with van der Waals surface area (Å²) in [5, 5.41) is 8.77. The van der Waals surface area contributed by atoms with Crippen LogP contribution >= 0.6 is 23.2 Å². The summed E-state index contributed by atoms with van der Waals surface area (Å²) in [6, 6.07) is 6.81. The molecule has 3 aromatic rings. The van der Waals surface area contributed by atoms with Crippen LogP contribution in [0.15, 0.2) is 30.5 Å². The van der Waals surface area contributed by atoms with E-state index in [1.165, 1.54) is 0 Å². The summed E-state index contributed by atoms with van der Waals surface area (Å²) < 4.78 is 1.80. The second-order valence-electron chi connectivity index (χ2n) is 5.81. The number of nitrogens with one attached hydrogen (secondary N) is 1. The Morgan fingerprint density at radius 2 is 2.00 bits per heavy atom. The summed E-state index contributed by atoms with van der Waals surface area (Å²) in [5.41, 5.74) is 2.40. The summed E-state index contributed by atoms with van der Waals surface area (Å²) in [6.07, 6.45) is 1.66. The second-order valence-corrected chi connectivity index (χ2v) is 6.65. The predicted octanol–water partition coefficient (Wildman–Crippen LogP) is 4.88. The molecule has 0 aliphatic rings. The van der Waals surface area contributed by atoms with Crippen molar-refractivity contribution in [3.05, 3.63) is 51.8 Å². The van der Waals surface area contributed by atoms with Crippen LogP contribution in [0.5, 0.6) is 0 Å². The van der Waals surface area contributed by atoms with E-state index < -0.39 is 0 Å². The smallest absolute Gasteiger partial charge is 0.256 e. The van der Waals surface area contributed by atoms with Gasteiger partial charge in [-0.05, 0) is 45.0 Å². The summed E-state index contributed by atoms with van der Waals surface area (Å²) in [6.45, 7) is 5.88. The molecule has 0 atom stereocenters. The molecule has 0 fully saturated rings. The first-order valence-electron chi connectivity index (χ1n) is 7.48. The molecule has 2 heterocycles. The Bertz CT molecular complexity index is 934. The Hall–Kier alpha value is -2.11. The van der Waals surface area contributed by atoms with Crippen LogP contribution < -0.4 is 5.32 Å². The molecule has 24 heavy (non-hydrogen) atoms. The second kappa shape index (κ2) is 6.42. The highest BCUT2D eigenvalue weighted by atomic mass is 35.5. The molecule has 0 aliphatic heterocycles. The van der Waals surface area contributed by atoms with Crippen LogP contribution in [0.4, 0.5) is 5.69 Å². The number of rotatable bonds is 3. The number of benzene rings is 1. The molecule has 3 rings (SSSR count). The van der Waals surface area contributed by atoms with Crippen molar-refractivity contribution in [3.8, 4) is 0 Å². The molecule has 0 unspecified atom stereocenters. The van der Waals surface area contributed by atoms with Gasteiger partial charge in [0.15, 0.2) is 5.65 Å². The minimum absolute atomic E-state index is 0.148. The van der Waals surface area contributed by atoms with E-state index in [0.717, 1.165) is 5.69 Å². The molecule has 2 aromatic heterocycles. The molecule has 1 amide bonds. The van der Waals surface area contributed by atoms with Gasteiger partial charge in [0.2, 0.25) is 0 Å². The Labute approximate surface area is 149 Å². The monoisotopic (exact) mass is 362 g/mol. The lowest BCUT2D eigenvalue weighted by Gasteiger charge is -2.10. The summed E-state index contributed by atoms with van der Waals surface area (Å²) in [7, 11) is 0. The van der Waals surface area contributed by atoms with Gasteiger partial charge in [-0.3, -0.25) is 4.79 Å². The van der Waals surface area contributed by atoms with Gasteiger partial charge in [0, 0.05) is 16.8 Å². The SMILES string of the molecule is Cc1cc(C(=O)Nc2cc(Cl)ccc2Cl)c2cnn(C(C)C)c2n1. The van der Waals surface area contributed by atoms with Crippen LogP contribution in [0, 0.1) is 6.92 Å². The van der Waals surface area contributed by atoms with Gasteiger partial charge < -0.3 is 5.32 Å². The van der Waals surface area contributed by atoms with Crippen molar-refractivity contribution in [2.45, 2.75) is 26.8 Å². The molecule has 0 saturated carbocycles. The lowest BCUT2D eigenvalue weighted by molar-refractivity contribution is 0.102. The Morgan fingerprint density at radius 3 is 2.71 bits per heavy atom. The topological polar surface area (TPSA) is 59.8 Å². The molecule has 0 radical (unpaired) electrons. The van der Waals surface area contributed by atoms with Crippen LogP contribution in [-0.4, -0.2) is 20.7 Å². The maximum absolute atomic E-state index is 12.7. The number of halogens is 2. The van der Waals surface area contributed by atoms with E-state index in [1.807, 2.05) is 20.8 Å². The molecule has 0 bridgehead atoms. The van der Waals surface area contributed by atoms with Crippen LogP contribution in [0.3, 0.4) is 0 Å². The number of aromatic nitrogens is 3. The van der Waals surface area contributed by atoms with Crippen LogP contribution in [0.25, 0.3) is 11.0 Å². The Morgan fingerprint density at radius 1 is 1.25 bits per heavy atom. The molecule has 1 N–H and O–H groups in total. The fraction of sp³-hybridized carbons (Fsp3) is 0.235. The van der Waals surface area contributed by atoms with Crippen molar-refractivity contribution in [1.29, 1.82) is 0 Å². The number of hydrogen-bond donors (Lipinski definition) is 1. The van der Waals surface area contributed by atoms with E-state index in [1.54, 1.807) is 35.1 Å². The molecule has 0 aliphatic carbocycles. The molecule has 0 saturated heterocycles. The van der Waals surface area contributed by atoms with E-state index in [0.29, 0.717) is 32.3 Å². The zero-order valence-electron chi connectivity index (χ0n) is 13.5. The first-order chi connectivity index (χ1) is 11.4. The maximum Gasteiger partial charge on any atom is 0.256 e. The minimum atomic E-state index is -0.280. The highest BCUT2D eigenvalue weighted by molar-refractivity contribution is 6.36. The van der Waals surface area contributed by atoms with Gasteiger partial charge in [0.05, 0.1) is 27.9 Å². The molecular weight excluding hydrogens is 347 g/mol. The number of anilines is 1. The summed E-state index contributed by atoms with van der Waals surface area (Å²) in [4.78, 5) is 17.3. The number of carbonyl (C=O) groups is 1. The zero-order chi connectivity index (χ0) is 17.4. The van der Waals surface area contributed by atoms with Crippen molar-refractivity contribution in [2.75, 3.05) is 5.32 Å². The standard InChI is InChI=1S/C17H16Cl2N4O/c1-9(2)23-16-13(8-20-23)12(6-10(3)21-16)17(24)22-15-7-11(18)4-5-14(15)19/h4-9H,1-3H3,(H,22,24). The van der Waals surface area contributed by atoms with E-state index in [9.17, 15) is 4.79 Å². The Kier molecular flexibility index (Phi) is 4.47. The highest BCUT2D eigenvalue weighted by Crippen LogP contribution is 2.27. The van der Waals surface area contributed by atoms with Gasteiger partial charge in [-0.25, -0.2) is 9.67 Å². The third-order valence-corrected chi connectivity index (χ3v) is 4.17. The van der Waals surface area contributed by atoms with Gasteiger partial charge >= 0.3 is 0 Å². The predicted molar refractivity (Wildman–Crippen MR) is 97.1 cm³/mol. The summed E-state index contributed by atoms with van der Waals surface area (Å²) >= 11 is 12.1. The third-order valence-electron chi connectivity index (χ3n) is 3.61. The van der Waals surface area contributed by atoms with Gasteiger partial charge in [-0.1, -0.05) is 23.2 Å². The number of nitrogens with zero attached hydrogens (tertiary/aromatic N) is 3. The van der Waals surface area contributed by atoms with E-state index in [2.05, 4.69) is 15.4 Å². The summed E-state index contributed by atoms with van der Waals surface area (Å²) in [5.74, 6) is -0.280. The van der Waals surface area contributed by atoms with Crippen molar-refractivity contribution >= 4 is 45.8 Å². The molecule has 1 aromatic carbocycles. The molecule has 0 spiro atoms. The molecule has 7 heteroatoms. The average molecular weight is 363 g/mol. The molecule has 5 nitrogen and oxygen atoms in total. The van der Waals surface area contributed by atoms with Gasteiger partial charge in [-0.15, -0.1) is 0 Å². The van der Waals surface area contributed by atoms with Gasteiger partial charge in [0.1, 0.15) is 0 Å². The number of pyridine rings is 1. The van der Waals surface area contributed by atoms with Gasteiger partial charge in [0.25, 0.3) is 5.91 Å². The van der Waals surface area contributed by atoms with Crippen molar-refractivity contribution in [2.24, 2.45) is 0 Å². The lowest BCUT2D eigenvalue weighted by atomic mass is 10.1. The number of hydrogen-bond acceptors (Lipinski definition) is 3. The zero-order valence-corrected chi connectivity index (χ0v) is 15.0. The van der Waals surface area contributed by atoms with E-state index in [4.69, 9.17) is 23.2 Å². The number of amides is 1. The molecule has 124 valence electrons. The van der Waals surface area contributed by atoms with Crippen LogP contribution in [0.2, 0.25) is 10.0 Å². The molecular formula is C17H16Cl2N4O. The van der Waals surface area contributed by atoms with E-state index in [-0.39, 0.29) is 11.9 Å². The quantitative estimate of drug-likeness (QED) is 0.722. The normalized spacial score (nSPS) is 11.2. The largest absolute Gasteiger partial charge is 0.321 e. The van der Waals surface area contributed by atoms with E-state index >= 15 is 0 Å². The number of aryl methyl sites for hydroxylation is 1. The number of fused-ring (bicyclic) bond motifs is 1.